The van der Waals surface area contributed by atoms with E-state index in [1.165, 1.54) is 31.3 Å². The van der Waals surface area contributed by atoms with E-state index in [1.807, 2.05) is 6.08 Å². The molecule has 0 aromatic rings. The van der Waals surface area contributed by atoms with E-state index >= 15 is 0 Å². The van der Waals surface area contributed by atoms with Crippen LogP contribution in [0.1, 0.15) is 65.2 Å². The number of aliphatic hydroxyl groups excluding tert-OH is 1. The Morgan fingerprint density at radius 3 is 2.67 bits per heavy atom. The molecule has 0 radical (unpaired) electrons. The van der Waals surface area contributed by atoms with Crippen LogP contribution < -0.4 is 0 Å². The van der Waals surface area contributed by atoms with Crippen LogP contribution in [-0.4, -0.2) is 17.0 Å². The smallest absolute Gasteiger partial charge is 0.155 e. The zero-order valence-corrected chi connectivity index (χ0v) is 13.4. The highest BCUT2D eigenvalue weighted by Gasteiger charge is 2.58. The number of hydrogen-bond acceptors (Lipinski definition) is 2. The highest BCUT2D eigenvalue weighted by atomic mass is 16.3. The maximum absolute atomic E-state index is 11.8. The molecule has 0 unspecified atom stereocenters. The van der Waals surface area contributed by atoms with Crippen molar-refractivity contribution in [1.82, 2.24) is 0 Å². The fourth-order valence-electron chi connectivity index (χ4n) is 6.53. The maximum Gasteiger partial charge on any atom is 0.155 e. The van der Waals surface area contributed by atoms with Gasteiger partial charge in [0.25, 0.3) is 0 Å². The number of rotatable bonds is 0. The largest absolute Gasteiger partial charge is 0.393 e. The Morgan fingerprint density at radius 2 is 1.86 bits per heavy atom. The van der Waals surface area contributed by atoms with Crippen molar-refractivity contribution in [3.63, 3.8) is 0 Å². The summed E-state index contributed by atoms with van der Waals surface area (Å²) in [5.41, 5.74) is 1.89. The van der Waals surface area contributed by atoms with Crippen LogP contribution in [0.4, 0.5) is 0 Å². The van der Waals surface area contributed by atoms with Crippen molar-refractivity contribution in [2.24, 2.45) is 28.6 Å². The van der Waals surface area contributed by atoms with Crippen molar-refractivity contribution in [2.75, 3.05) is 0 Å². The normalized spacial score (nSPS) is 52.7. The minimum absolute atomic E-state index is 0.0823. The lowest BCUT2D eigenvalue weighted by Crippen LogP contribution is -2.51. The summed E-state index contributed by atoms with van der Waals surface area (Å²) in [4.78, 5) is 11.8. The van der Waals surface area contributed by atoms with Crippen LogP contribution in [0.5, 0.6) is 0 Å². The lowest BCUT2D eigenvalue weighted by molar-refractivity contribution is -0.118. The van der Waals surface area contributed by atoms with Crippen LogP contribution in [-0.2, 0) is 4.79 Å². The third-order valence-corrected chi connectivity index (χ3v) is 7.91. The van der Waals surface area contributed by atoms with Gasteiger partial charge in [-0.15, -0.1) is 0 Å². The first-order valence-corrected chi connectivity index (χ1v) is 8.87. The van der Waals surface area contributed by atoms with Crippen LogP contribution in [0, 0.1) is 28.6 Å². The molecule has 6 atom stereocenters. The second-order valence-electron chi connectivity index (χ2n) is 8.61. The second-order valence-corrected chi connectivity index (χ2v) is 8.61. The Kier molecular flexibility index (Phi) is 2.96. The van der Waals surface area contributed by atoms with Gasteiger partial charge in [0.2, 0.25) is 0 Å². The molecule has 0 saturated heterocycles. The molecule has 0 amide bonds. The highest BCUT2D eigenvalue weighted by Crippen LogP contribution is 2.65. The van der Waals surface area contributed by atoms with Gasteiger partial charge in [-0.25, -0.2) is 0 Å². The SMILES string of the molecule is C[C@@]12CC[C@@H]3[C@@H](CCC4=CC(=O)CC[C@@]43C)[C@H]1CC[C@@H]2O. The van der Waals surface area contributed by atoms with Crippen LogP contribution >= 0.6 is 0 Å². The summed E-state index contributed by atoms with van der Waals surface area (Å²) < 4.78 is 0. The van der Waals surface area contributed by atoms with E-state index in [2.05, 4.69) is 13.8 Å². The fraction of sp³-hybridized carbons (Fsp3) is 0.842. The zero-order valence-electron chi connectivity index (χ0n) is 13.4. The molecule has 0 bridgehead atoms. The number of carbonyl (C=O) groups excluding carboxylic acids is 1. The van der Waals surface area contributed by atoms with Crippen LogP contribution in [0.15, 0.2) is 11.6 Å². The molecular weight excluding hydrogens is 260 g/mol. The molecule has 116 valence electrons. The first-order chi connectivity index (χ1) is 9.95. The average Bonchev–Trinajstić information content (AvgIpc) is 2.76. The molecular formula is C19H28O2. The van der Waals surface area contributed by atoms with E-state index < -0.39 is 0 Å². The molecule has 21 heavy (non-hydrogen) atoms. The van der Waals surface area contributed by atoms with Crippen LogP contribution in [0.25, 0.3) is 0 Å². The minimum atomic E-state index is -0.0823. The first kappa shape index (κ1) is 14.0. The number of aliphatic hydroxyl groups is 1. The lowest BCUT2D eigenvalue weighted by Gasteiger charge is -2.57. The zero-order chi connectivity index (χ0) is 14.8. The molecule has 3 saturated carbocycles. The quantitative estimate of drug-likeness (QED) is 0.734. The van der Waals surface area contributed by atoms with Gasteiger partial charge in [0.1, 0.15) is 0 Å². The summed E-state index contributed by atoms with van der Waals surface area (Å²) in [5, 5.41) is 10.4. The number of hydrogen-bond donors (Lipinski definition) is 1. The van der Waals surface area contributed by atoms with Gasteiger partial charge in [0, 0.05) is 6.42 Å². The number of ketones is 1. The fourth-order valence-corrected chi connectivity index (χ4v) is 6.53. The summed E-state index contributed by atoms with van der Waals surface area (Å²) >= 11 is 0. The van der Waals surface area contributed by atoms with E-state index in [-0.39, 0.29) is 16.9 Å². The van der Waals surface area contributed by atoms with Crippen molar-refractivity contribution in [3.05, 3.63) is 11.6 Å². The topological polar surface area (TPSA) is 37.3 Å². The Bertz CT molecular complexity index is 508. The Morgan fingerprint density at radius 1 is 1.05 bits per heavy atom. The van der Waals surface area contributed by atoms with Gasteiger partial charge in [0.15, 0.2) is 5.78 Å². The van der Waals surface area contributed by atoms with Gasteiger partial charge < -0.3 is 5.11 Å². The van der Waals surface area contributed by atoms with Crippen molar-refractivity contribution < 1.29 is 9.90 Å². The molecule has 0 spiro atoms. The third-order valence-electron chi connectivity index (χ3n) is 7.91. The summed E-state index contributed by atoms with van der Waals surface area (Å²) in [5.74, 6) is 2.57. The standard InChI is InChI=1S/C19H28O2/c1-18-9-7-13(20)11-12(18)3-4-14-15-5-6-17(21)19(15,2)10-8-16(14)18/h11,14-17,21H,3-10H2,1-2H3/t14-,15+,16+,17-,18-,19+/m0/s1. The molecule has 0 aromatic carbocycles. The summed E-state index contributed by atoms with van der Waals surface area (Å²) in [6.45, 7) is 4.76. The van der Waals surface area contributed by atoms with Gasteiger partial charge in [-0.3, -0.25) is 4.79 Å². The molecule has 1 N–H and O–H groups in total. The first-order valence-electron chi connectivity index (χ1n) is 8.87. The second kappa shape index (κ2) is 4.44. The molecule has 2 nitrogen and oxygen atoms in total. The predicted molar refractivity (Wildman–Crippen MR) is 82.7 cm³/mol. The Balaban J connectivity index is 1.69. The Hall–Kier alpha value is -0.630. The molecule has 4 aliphatic carbocycles. The summed E-state index contributed by atoms with van der Waals surface area (Å²) in [6, 6.07) is 0. The van der Waals surface area contributed by atoms with Crippen molar-refractivity contribution in [1.29, 1.82) is 0 Å². The molecule has 4 aliphatic rings. The molecule has 0 aliphatic heterocycles. The van der Waals surface area contributed by atoms with E-state index in [0.717, 1.165) is 37.5 Å². The van der Waals surface area contributed by atoms with E-state index in [1.54, 1.807) is 0 Å². The van der Waals surface area contributed by atoms with Gasteiger partial charge >= 0.3 is 0 Å². The minimum Gasteiger partial charge on any atom is -0.393 e. The highest BCUT2D eigenvalue weighted by molar-refractivity contribution is 5.91. The maximum atomic E-state index is 11.8. The van der Waals surface area contributed by atoms with Gasteiger partial charge in [-0.1, -0.05) is 19.4 Å². The van der Waals surface area contributed by atoms with E-state index in [0.29, 0.717) is 11.7 Å². The molecule has 3 fully saturated rings. The summed E-state index contributed by atoms with van der Waals surface area (Å²) in [7, 11) is 0. The summed E-state index contributed by atoms with van der Waals surface area (Å²) in [6.07, 6.45) is 10.7. The molecule has 0 heterocycles. The number of allylic oxidation sites excluding steroid dienone is 1. The predicted octanol–water partition coefficient (Wildman–Crippen LogP) is 3.88. The van der Waals surface area contributed by atoms with Gasteiger partial charge in [-0.05, 0) is 79.6 Å². The van der Waals surface area contributed by atoms with Crippen LogP contribution in [0.2, 0.25) is 0 Å². The van der Waals surface area contributed by atoms with Crippen molar-refractivity contribution >= 4 is 5.78 Å². The molecule has 2 heteroatoms. The molecule has 0 aromatic heterocycles. The number of fused-ring (bicyclic) bond motifs is 5. The van der Waals surface area contributed by atoms with Crippen LogP contribution in [0.3, 0.4) is 0 Å². The number of carbonyl (C=O) groups is 1. The van der Waals surface area contributed by atoms with Gasteiger partial charge in [-0.2, -0.15) is 0 Å². The van der Waals surface area contributed by atoms with Gasteiger partial charge in [0.05, 0.1) is 6.10 Å². The average molecular weight is 288 g/mol. The van der Waals surface area contributed by atoms with E-state index in [4.69, 9.17) is 0 Å². The molecule has 4 rings (SSSR count). The Labute approximate surface area is 128 Å². The van der Waals surface area contributed by atoms with Crippen molar-refractivity contribution in [3.8, 4) is 0 Å². The third kappa shape index (κ3) is 1.78. The van der Waals surface area contributed by atoms with E-state index in [9.17, 15) is 9.90 Å². The van der Waals surface area contributed by atoms with Crippen molar-refractivity contribution in [2.45, 2.75) is 71.3 Å². The lowest BCUT2D eigenvalue weighted by atomic mass is 9.47. The monoisotopic (exact) mass is 288 g/mol.